The number of carbonyl (C=O) groups excluding carboxylic acids is 3. The molecule has 0 radical (unpaired) electrons. The van der Waals surface area contributed by atoms with Crippen molar-refractivity contribution in [1.29, 1.82) is 0 Å². The summed E-state index contributed by atoms with van der Waals surface area (Å²) in [6, 6.07) is 5.32. The Labute approximate surface area is 226 Å². The van der Waals surface area contributed by atoms with E-state index in [1.165, 1.54) is 0 Å². The van der Waals surface area contributed by atoms with Crippen molar-refractivity contribution < 1.29 is 29.4 Å². The summed E-state index contributed by atoms with van der Waals surface area (Å²) < 4.78 is 0. The number of aliphatic hydroxyl groups is 1. The summed E-state index contributed by atoms with van der Waals surface area (Å²) in [6.45, 7) is 11.2. The summed E-state index contributed by atoms with van der Waals surface area (Å²) >= 11 is 0. The Kier molecular flexibility index (Phi) is 14.0. The van der Waals surface area contributed by atoms with E-state index in [0.717, 1.165) is 5.56 Å². The molecule has 10 nitrogen and oxygen atoms in total. The topological polar surface area (TPSA) is 171 Å². The molecule has 5 atom stereocenters. The molecule has 7 N–H and O–H groups in total. The molecule has 1 aromatic rings. The van der Waals surface area contributed by atoms with Crippen LogP contribution in [-0.2, 0) is 25.6 Å². The van der Waals surface area contributed by atoms with Gasteiger partial charge in [-0.1, -0.05) is 71.9 Å². The minimum absolute atomic E-state index is 0.0922. The Morgan fingerprint density at radius 1 is 0.842 bits per heavy atom. The summed E-state index contributed by atoms with van der Waals surface area (Å²) in [7, 11) is 0. The Morgan fingerprint density at radius 3 is 1.92 bits per heavy atom. The number of nitrogens with one attached hydrogen (secondary N) is 3. The van der Waals surface area contributed by atoms with Crippen LogP contribution in [0.15, 0.2) is 30.3 Å². The normalized spacial score (nSPS) is 15.4. The predicted octanol–water partition coefficient (Wildman–Crippen LogP) is 1.59. The van der Waals surface area contributed by atoms with E-state index in [1.807, 2.05) is 33.8 Å². The van der Waals surface area contributed by atoms with Crippen LogP contribution in [0.3, 0.4) is 0 Å². The van der Waals surface area contributed by atoms with Crippen LogP contribution in [0.4, 0.5) is 0 Å². The molecule has 0 saturated carbocycles. The second kappa shape index (κ2) is 16.1. The van der Waals surface area contributed by atoms with Gasteiger partial charge in [-0.3, -0.25) is 14.4 Å². The summed E-state index contributed by atoms with van der Waals surface area (Å²) in [4.78, 5) is 50.1. The van der Waals surface area contributed by atoms with Crippen LogP contribution >= 0.6 is 0 Å². The minimum atomic E-state index is -1.20. The van der Waals surface area contributed by atoms with E-state index >= 15 is 0 Å². The largest absolute Gasteiger partial charge is 0.480 e. The molecule has 0 aromatic heterocycles. The van der Waals surface area contributed by atoms with Crippen LogP contribution in [0, 0.1) is 17.8 Å². The summed E-state index contributed by atoms with van der Waals surface area (Å²) in [5.41, 5.74) is 6.73. The number of amides is 3. The Hall–Kier alpha value is -2.98. The highest BCUT2D eigenvalue weighted by Gasteiger charge is 2.31. The fourth-order valence-electron chi connectivity index (χ4n) is 4.14. The van der Waals surface area contributed by atoms with Crippen molar-refractivity contribution in [3.8, 4) is 0 Å². The van der Waals surface area contributed by atoms with Crippen LogP contribution < -0.4 is 21.7 Å². The molecule has 3 amide bonds. The molecule has 1 rings (SSSR count). The first-order chi connectivity index (χ1) is 17.7. The van der Waals surface area contributed by atoms with E-state index in [4.69, 9.17) is 5.73 Å². The summed E-state index contributed by atoms with van der Waals surface area (Å²) in [5, 5.41) is 28.4. The minimum Gasteiger partial charge on any atom is -0.480 e. The lowest BCUT2D eigenvalue weighted by Crippen LogP contribution is -2.55. The number of hydrogen-bond donors (Lipinski definition) is 6. The predicted molar refractivity (Wildman–Crippen MR) is 146 cm³/mol. The van der Waals surface area contributed by atoms with Gasteiger partial charge in [0.2, 0.25) is 17.7 Å². The zero-order valence-corrected chi connectivity index (χ0v) is 23.4. The SMILES string of the molecule is CC(C)CC(NC(=O)[C@@H](N)CC(C)C)[C@@H](O)CC(=O)N[C@H](C(=O)N[C@@H](Cc1ccccc1)C(=O)O)C(C)C. The standard InChI is InChI=1S/C28H46N4O6/c1-16(2)12-20(29)26(35)30-21(13-17(3)4)23(33)15-24(34)32-25(18(5)6)27(36)31-22(28(37)38)14-19-10-8-7-9-11-19/h7-11,16-18,20-23,25,33H,12-15,29H2,1-6H3,(H,30,35)(H,31,36)(H,32,34)(H,37,38)/t20-,21?,22-,23-,25-/m0/s1. The van der Waals surface area contributed by atoms with Crippen molar-refractivity contribution in [1.82, 2.24) is 16.0 Å². The van der Waals surface area contributed by atoms with Gasteiger partial charge in [0, 0.05) is 6.42 Å². The van der Waals surface area contributed by atoms with Gasteiger partial charge in [0.25, 0.3) is 0 Å². The van der Waals surface area contributed by atoms with Crippen LogP contribution in [0.1, 0.15) is 66.4 Å². The molecule has 1 unspecified atom stereocenters. The molecule has 0 spiro atoms. The van der Waals surface area contributed by atoms with Crippen LogP contribution in [-0.4, -0.2) is 64.2 Å². The number of nitrogens with two attached hydrogens (primary N) is 1. The van der Waals surface area contributed by atoms with E-state index in [-0.39, 0.29) is 36.5 Å². The molecule has 0 bridgehead atoms. The first-order valence-corrected chi connectivity index (χ1v) is 13.3. The van der Waals surface area contributed by atoms with Crippen molar-refractivity contribution in [3.05, 3.63) is 35.9 Å². The molecule has 38 heavy (non-hydrogen) atoms. The maximum Gasteiger partial charge on any atom is 0.326 e. The van der Waals surface area contributed by atoms with Gasteiger partial charge < -0.3 is 31.9 Å². The zero-order chi connectivity index (χ0) is 29.0. The van der Waals surface area contributed by atoms with Crippen LogP contribution in [0.5, 0.6) is 0 Å². The van der Waals surface area contributed by atoms with Gasteiger partial charge in [-0.15, -0.1) is 0 Å². The number of benzene rings is 1. The van der Waals surface area contributed by atoms with E-state index in [9.17, 15) is 29.4 Å². The van der Waals surface area contributed by atoms with Crippen molar-refractivity contribution in [3.63, 3.8) is 0 Å². The van der Waals surface area contributed by atoms with E-state index in [0.29, 0.717) is 12.8 Å². The smallest absolute Gasteiger partial charge is 0.326 e. The van der Waals surface area contributed by atoms with E-state index in [1.54, 1.807) is 38.1 Å². The highest BCUT2D eigenvalue weighted by Crippen LogP contribution is 2.13. The number of aliphatic hydroxyl groups excluding tert-OH is 1. The van der Waals surface area contributed by atoms with E-state index in [2.05, 4.69) is 16.0 Å². The van der Waals surface area contributed by atoms with Crippen molar-refractivity contribution in [2.24, 2.45) is 23.5 Å². The second-order valence-corrected chi connectivity index (χ2v) is 11.1. The molecular formula is C28H46N4O6. The third-order valence-electron chi connectivity index (χ3n) is 6.14. The Morgan fingerprint density at radius 2 is 1.42 bits per heavy atom. The van der Waals surface area contributed by atoms with Gasteiger partial charge in [-0.2, -0.15) is 0 Å². The van der Waals surface area contributed by atoms with Crippen LogP contribution in [0.25, 0.3) is 0 Å². The van der Waals surface area contributed by atoms with Crippen LogP contribution in [0.2, 0.25) is 0 Å². The highest BCUT2D eigenvalue weighted by molar-refractivity contribution is 5.91. The van der Waals surface area contributed by atoms with Gasteiger partial charge in [0.15, 0.2) is 0 Å². The number of carboxylic acids is 1. The van der Waals surface area contributed by atoms with Gasteiger partial charge in [0.1, 0.15) is 12.1 Å². The third-order valence-corrected chi connectivity index (χ3v) is 6.14. The molecule has 0 heterocycles. The van der Waals surface area contributed by atoms with Crippen molar-refractivity contribution in [2.45, 2.75) is 97.5 Å². The highest BCUT2D eigenvalue weighted by atomic mass is 16.4. The second-order valence-electron chi connectivity index (χ2n) is 11.1. The Bertz CT molecular complexity index is 906. The third kappa shape index (κ3) is 12.0. The quantitative estimate of drug-likeness (QED) is 0.187. The molecule has 1 aromatic carbocycles. The molecule has 214 valence electrons. The number of aliphatic carboxylic acids is 1. The van der Waals surface area contributed by atoms with Gasteiger partial charge in [0.05, 0.1) is 24.6 Å². The van der Waals surface area contributed by atoms with Gasteiger partial charge in [-0.05, 0) is 36.2 Å². The zero-order valence-electron chi connectivity index (χ0n) is 23.4. The fourth-order valence-corrected chi connectivity index (χ4v) is 4.14. The van der Waals surface area contributed by atoms with Gasteiger partial charge >= 0.3 is 5.97 Å². The average molecular weight is 535 g/mol. The van der Waals surface area contributed by atoms with Crippen molar-refractivity contribution in [2.75, 3.05) is 0 Å². The molecule has 0 aliphatic carbocycles. The summed E-state index contributed by atoms with van der Waals surface area (Å²) in [5.74, 6) is -2.78. The maximum absolute atomic E-state index is 13.0. The number of hydrogen-bond acceptors (Lipinski definition) is 6. The lowest BCUT2D eigenvalue weighted by Gasteiger charge is -2.28. The first-order valence-electron chi connectivity index (χ1n) is 13.3. The molecule has 10 heteroatoms. The van der Waals surface area contributed by atoms with Gasteiger partial charge in [-0.25, -0.2) is 4.79 Å². The number of rotatable bonds is 16. The summed E-state index contributed by atoms with van der Waals surface area (Å²) in [6.07, 6.45) is -0.533. The number of carboxylic acid groups (broad SMARTS) is 1. The fraction of sp³-hybridized carbons (Fsp3) is 0.643. The van der Waals surface area contributed by atoms with Crippen molar-refractivity contribution >= 4 is 23.7 Å². The molecule has 0 saturated heterocycles. The monoisotopic (exact) mass is 534 g/mol. The molecule has 0 aliphatic heterocycles. The number of carbonyl (C=O) groups is 4. The molecule has 0 aliphatic rings. The lowest BCUT2D eigenvalue weighted by molar-refractivity contribution is -0.142. The molecular weight excluding hydrogens is 488 g/mol. The van der Waals surface area contributed by atoms with E-state index < -0.39 is 48.1 Å². The Balaban J connectivity index is 2.86. The lowest BCUT2D eigenvalue weighted by atomic mass is 9.95. The maximum atomic E-state index is 13.0. The molecule has 0 fully saturated rings. The first kappa shape index (κ1) is 33.0. The average Bonchev–Trinajstić information content (AvgIpc) is 2.81.